The average molecular weight is 524 g/mol. The molecule has 3 aromatic rings. The third kappa shape index (κ3) is 6.46. The van der Waals surface area contributed by atoms with E-state index in [1.165, 1.54) is 19.4 Å². The summed E-state index contributed by atoms with van der Waals surface area (Å²) in [6.45, 7) is 0. The van der Waals surface area contributed by atoms with E-state index < -0.39 is 11.8 Å². The number of phenolic OH excluding ortho intramolecular Hbond substituents is 1. The largest absolute Gasteiger partial charge is 0.503 e. The molecule has 8 nitrogen and oxygen atoms in total. The van der Waals surface area contributed by atoms with Crippen LogP contribution in [0.15, 0.2) is 82.0 Å². The molecule has 0 fully saturated rings. The molecule has 0 saturated heterocycles. The normalized spacial score (nSPS) is 11.2. The summed E-state index contributed by atoms with van der Waals surface area (Å²) < 4.78 is 10.7. The van der Waals surface area contributed by atoms with Crippen LogP contribution >= 0.6 is 15.9 Å². The first-order valence-corrected chi connectivity index (χ1v) is 10.8. The lowest BCUT2D eigenvalue weighted by Gasteiger charge is -2.10. The van der Waals surface area contributed by atoms with Crippen LogP contribution in [0.1, 0.15) is 21.5 Å². The number of nitrogens with one attached hydrogen (secondary N) is 2. The Balaban J connectivity index is 1.82. The molecule has 34 heavy (non-hydrogen) atoms. The molecule has 3 aromatic carbocycles. The first kappa shape index (κ1) is 24.5. The highest BCUT2D eigenvalue weighted by Crippen LogP contribution is 2.34. The lowest BCUT2D eigenvalue weighted by atomic mass is 10.1. The standard InChI is InChI=1S/C25H22BrN3O5/c1-33-19-10-8-16(9-11-19)13-21(28-24(31)18-6-4-3-5-7-18)25(32)29-27-15-17-12-20(26)23(30)22(14-17)34-2/h3-15,30H,1-2H3,(H,28,31)(H,29,32)/b21-13+,27-15+. The van der Waals surface area contributed by atoms with Gasteiger partial charge in [-0.05, 0) is 69.5 Å². The molecule has 0 aromatic heterocycles. The molecule has 0 saturated carbocycles. The summed E-state index contributed by atoms with van der Waals surface area (Å²) in [5, 5.41) is 16.5. The highest BCUT2D eigenvalue weighted by Gasteiger charge is 2.14. The number of phenols is 1. The van der Waals surface area contributed by atoms with Gasteiger partial charge in [0.1, 0.15) is 11.4 Å². The van der Waals surface area contributed by atoms with Crippen LogP contribution in [-0.2, 0) is 4.79 Å². The molecule has 0 heterocycles. The van der Waals surface area contributed by atoms with Gasteiger partial charge in [-0.3, -0.25) is 9.59 Å². The second kappa shape index (κ2) is 11.7. The maximum Gasteiger partial charge on any atom is 0.287 e. The number of benzene rings is 3. The van der Waals surface area contributed by atoms with Crippen LogP contribution in [-0.4, -0.2) is 37.4 Å². The second-order valence-electron chi connectivity index (χ2n) is 6.90. The van der Waals surface area contributed by atoms with Crippen LogP contribution in [0.5, 0.6) is 17.2 Å². The topological polar surface area (TPSA) is 109 Å². The summed E-state index contributed by atoms with van der Waals surface area (Å²) in [5.41, 5.74) is 4.05. The fourth-order valence-electron chi connectivity index (χ4n) is 2.86. The molecule has 0 spiro atoms. The summed E-state index contributed by atoms with van der Waals surface area (Å²) in [5.74, 6) is -0.196. The van der Waals surface area contributed by atoms with Crippen LogP contribution in [0.4, 0.5) is 0 Å². The molecule has 2 amide bonds. The molecule has 3 N–H and O–H groups in total. The van der Waals surface area contributed by atoms with Gasteiger partial charge in [-0.1, -0.05) is 30.3 Å². The van der Waals surface area contributed by atoms with Crippen molar-refractivity contribution < 1.29 is 24.2 Å². The number of halogens is 1. The third-order valence-corrected chi connectivity index (χ3v) is 5.21. The van der Waals surface area contributed by atoms with Gasteiger partial charge in [0.2, 0.25) is 0 Å². The van der Waals surface area contributed by atoms with E-state index in [2.05, 4.69) is 31.8 Å². The quantitative estimate of drug-likeness (QED) is 0.234. The number of rotatable bonds is 8. The van der Waals surface area contributed by atoms with Gasteiger partial charge in [0.25, 0.3) is 11.8 Å². The maximum atomic E-state index is 12.9. The zero-order chi connectivity index (χ0) is 24.5. The van der Waals surface area contributed by atoms with Crippen molar-refractivity contribution in [2.75, 3.05) is 14.2 Å². The second-order valence-corrected chi connectivity index (χ2v) is 7.76. The minimum Gasteiger partial charge on any atom is -0.503 e. The Hall–Kier alpha value is -4.11. The van der Waals surface area contributed by atoms with Gasteiger partial charge in [-0.15, -0.1) is 0 Å². The Morgan fingerprint density at radius 1 is 0.971 bits per heavy atom. The number of aromatic hydroxyl groups is 1. The minimum atomic E-state index is -0.624. The van der Waals surface area contributed by atoms with E-state index >= 15 is 0 Å². The molecular weight excluding hydrogens is 502 g/mol. The monoisotopic (exact) mass is 523 g/mol. The first-order valence-electron chi connectivity index (χ1n) is 10.0. The summed E-state index contributed by atoms with van der Waals surface area (Å²) >= 11 is 3.23. The summed E-state index contributed by atoms with van der Waals surface area (Å²) in [7, 11) is 2.99. The number of nitrogens with zero attached hydrogens (tertiary/aromatic N) is 1. The van der Waals surface area contributed by atoms with E-state index in [9.17, 15) is 14.7 Å². The van der Waals surface area contributed by atoms with E-state index in [-0.39, 0.29) is 17.2 Å². The van der Waals surface area contributed by atoms with Gasteiger partial charge in [0.05, 0.1) is 24.9 Å². The molecule has 0 radical (unpaired) electrons. The Morgan fingerprint density at radius 2 is 1.68 bits per heavy atom. The lowest BCUT2D eigenvalue weighted by molar-refractivity contribution is -0.117. The molecule has 0 atom stereocenters. The summed E-state index contributed by atoms with van der Waals surface area (Å²) in [4.78, 5) is 25.5. The third-order valence-electron chi connectivity index (χ3n) is 4.61. The van der Waals surface area contributed by atoms with E-state index in [0.29, 0.717) is 26.9 Å². The van der Waals surface area contributed by atoms with Crippen molar-refractivity contribution in [3.05, 3.63) is 93.6 Å². The van der Waals surface area contributed by atoms with Crippen molar-refractivity contribution in [2.45, 2.75) is 0 Å². The molecule has 0 aliphatic heterocycles. The number of amides is 2. The van der Waals surface area contributed by atoms with Crippen molar-refractivity contribution in [1.82, 2.24) is 10.7 Å². The number of hydrazone groups is 1. The van der Waals surface area contributed by atoms with E-state index in [1.807, 2.05) is 0 Å². The Kier molecular flexibility index (Phi) is 8.42. The minimum absolute atomic E-state index is 0.000590. The average Bonchev–Trinajstić information content (AvgIpc) is 2.86. The number of ether oxygens (including phenoxy) is 2. The summed E-state index contributed by atoms with van der Waals surface area (Å²) in [6.07, 6.45) is 2.92. The molecule has 0 unspecified atom stereocenters. The maximum absolute atomic E-state index is 12.9. The fraction of sp³-hybridized carbons (Fsp3) is 0.0800. The van der Waals surface area contributed by atoms with Gasteiger partial charge in [-0.2, -0.15) is 5.10 Å². The summed E-state index contributed by atoms with van der Waals surface area (Å²) in [6, 6.07) is 18.7. The first-order chi connectivity index (χ1) is 16.4. The fourth-order valence-corrected chi connectivity index (χ4v) is 3.32. The van der Waals surface area contributed by atoms with Crippen molar-refractivity contribution in [3.63, 3.8) is 0 Å². The molecule has 3 rings (SSSR count). The highest BCUT2D eigenvalue weighted by atomic mass is 79.9. The Morgan fingerprint density at radius 3 is 2.32 bits per heavy atom. The van der Waals surface area contributed by atoms with Crippen molar-refractivity contribution >= 4 is 40.0 Å². The molecule has 0 aliphatic carbocycles. The Labute approximate surface area is 205 Å². The van der Waals surface area contributed by atoms with Gasteiger partial charge < -0.3 is 19.9 Å². The number of carbonyl (C=O) groups excluding carboxylic acids is 2. The highest BCUT2D eigenvalue weighted by molar-refractivity contribution is 9.10. The predicted molar refractivity (Wildman–Crippen MR) is 133 cm³/mol. The van der Waals surface area contributed by atoms with Crippen LogP contribution in [0.3, 0.4) is 0 Å². The van der Waals surface area contributed by atoms with Gasteiger partial charge in [0, 0.05) is 5.56 Å². The van der Waals surface area contributed by atoms with Gasteiger partial charge in [0.15, 0.2) is 11.5 Å². The van der Waals surface area contributed by atoms with Crippen LogP contribution in [0.2, 0.25) is 0 Å². The van der Waals surface area contributed by atoms with Gasteiger partial charge in [-0.25, -0.2) is 5.43 Å². The molecule has 174 valence electrons. The van der Waals surface area contributed by atoms with Crippen LogP contribution in [0.25, 0.3) is 6.08 Å². The number of carbonyl (C=O) groups is 2. The molecule has 9 heteroatoms. The van der Waals surface area contributed by atoms with Crippen molar-refractivity contribution in [1.29, 1.82) is 0 Å². The number of methoxy groups -OCH3 is 2. The zero-order valence-electron chi connectivity index (χ0n) is 18.4. The van der Waals surface area contributed by atoms with E-state index in [1.54, 1.807) is 73.8 Å². The van der Waals surface area contributed by atoms with Crippen LogP contribution < -0.4 is 20.2 Å². The lowest BCUT2D eigenvalue weighted by Crippen LogP contribution is -2.32. The van der Waals surface area contributed by atoms with E-state index in [4.69, 9.17) is 9.47 Å². The predicted octanol–water partition coefficient (Wildman–Crippen LogP) is 4.09. The smallest absolute Gasteiger partial charge is 0.287 e. The van der Waals surface area contributed by atoms with E-state index in [0.717, 1.165) is 0 Å². The van der Waals surface area contributed by atoms with Crippen molar-refractivity contribution in [3.8, 4) is 17.2 Å². The molecule has 0 bridgehead atoms. The Bertz CT molecular complexity index is 1230. The SMILES string of the molecule is COc1ccc(/C=C(/NC(=O)c2ccccc2)C(=O)N/N=C/c2cc(Br)c(O)c(OC)c2)cc1. The van der Waals surface area contributed by atoms with Crippen molar-refractivity contribution in [2.24, 2.45) is 5.10 Å². The zero-order valence-corrected chi connectivity index (χ0v) is 20.0. The molecular formula is C25H22BrN3O5. The van der Waals surface area contributed by atoms with Crippen LogP contribution in [0, 0.1) is 0 Å². The van der Waals surface area contributed by atoms with Gasteiger partial charge >= 0.3 is 0 Å². The molecule has 0 aliphatic rings. The number of hydrogen-bond donors (Lipinski definition) is 3. The number of hydrogen-bond acceptors (Lipinski definition) is 6.